The number of benzene rings is 2. The van der Waals surface area contributed by atoms with Gasteiger partial charge in [-0.15, -0.1) is 12.4 Å². The average molecular weight is 386 g/mol. The largest absolute Gasteiger partial charge is 0.350 e. The maximum atomic E-state index is 12.8. The Labute approximate surface area is 164 Å². The Balaban J connectivity index is 0.00000210. The van der Waals surface area contributed by atoms with Crippen molar-refractivity contribution in [3.63, 3.8) is 0 Å². The molecule has 2 heterocycles. The van der Waals surface area contributed by atoms with E-state index in [2.05, 4.69) is 17.6 Å². The number of aromatic nitrogens is 1. The van der Waals surface area contributed by atoms with Crippen LogP contribution >= 0.6 is 12.4 Å². The number of pyridine rings is 1. The number of para-hydroxylation sites is 2. The predicted octanol–water partition coefficient (Wildman–Crippen LogP) is 2.69. The minimum atomic E-state index is -0.0236. The van der Waals surface area contributed by atoms with Crippen molar-refractivity contribution in [1.29, 1.82) is 0 Å². The van der Waals surface area contributed by atoms with E-state index in [0.29, 0.717) is 16.7 Å². The van der Waals surface area contributed by atoms with Crippen LogP contribution in [-0.2, 0) is 11.3 Å². The van der Waals surface area contributed by atoms with Gasteiger partial charge in [0.25, 0.3) is 0 Å². The first-order chi connectivity index (χ1) is 12.6. The van der Waals surface area contributed by atoms with Gasteiger partial charge in [-0.25, -0.2) is 0 Å². The number of fused-ring (bicyclic) bond motifs is 2. The molecule has 2 unspecified atom stereocenters. The van der Waals surface area contributed by atoms with Crippen LogP contribution in [-0.4, -0.2) is 29.6 Å². The van der Waals surface area contributed by atoms with Gasteiger partial charge in [-0.1, -0.05) is 31.2 Å². The summed E-state index contributed by atoms with van der Waals surface area (Å²) in [6, 6.07) is 15.1. The van der Waals surface area contributed by atoms with Crippen molar-refractivity contribution in [2.24, 2.45) is 5.92 Å². The van der Waals surface area contributed by atoms with Crippen LogP contribution in [0.4, 0.5) is 0 Å². The van der Waals surface area contributed by atoms with Gasteiger partial charge in [0.2, 0.25) is 5.91 Å². The molecule has 27 heavy (non-hydrogen) atoms. The highest BCUT2D eigenvalue weighted by molar-refractivity contribution is 5.94. The molecule has 0 spiro atoms. The lowest BCUT2D eigenvalue weighted by Crippen LogP contribution is -2.50. The van der Waals surface area contributed by atoms with Crippen LogP contribution in [0.3, 0.4) is 0 Å². The van der Waals surface area contributed by atoms with Crippen molar-refractivity contribution in [3.8, 4) is 0 Å². The highest BCUT2D eigenvalue weighted by atomic mass is 35.5. The smallest absolute Gasteiger partial charge is 0.240 e. The van der Waals surface area contributed by atoms with Crippen LogP contribution in [0.2, 0.25) is 0 Å². The molecule has 6 heteroatoms. The highest BCUT2D eigenvalue weighted by Crippen LogP contribution is 2.19. The molecule has 0 aliphatic carbocycles. The van der Waals surface area contributed by atoms with Gasteiger partial charge in [-0.3, -0.25) is 9.59 Å². The monoisotopic (exact) mass is 385 g/mol. The Hall–Kier alpha value is -2.37. The lowest BCUT2D eigenvalue weighted by Gasteiger charge is -2.30. The SMILES string of the molecule is CC1CCNCC1NC(=O)Cn1c2ccccc2c(=O)c2ccccc21.Cl. The molecule has 3 aromatic rings. The lowest BCUT2D eigenvalue weighted by molar-refractivity contribution is -0.122. The number of piperidine rings is 1. The number of hydrogen-bond acceptors (Lipinski definition) is 3. The molecule has 2 atom stereocenters. The van der Waals surface area contributed by atoms with E-state index in [-0.39, 0.29) is 36.3 Å². The van der Waals surface area contributed by atoms with Gasteiger partial charge in [0.05, 0.1) is 11.0 Å². The van der Waals surface area contributed by atoms with Crippen LogP contribution < -0.4 is 16.1 Å². The number of rotatable bonds is 3. The van der Waals surface area contributed by atoms with Crippen LogP contribution in [0.15, 0.2) is 53.3 Å². The maximum absolute atomic E-state index is 12.8. The fourth-order valence-electron chi connectivity index (χ4n) is 3.83. The van der Waals surface area contributed by atoms with Gasteiger partial charge < -0.3 is 15.2 Å². The Morgan fingerprint density at radius 2 is 1.70 bits per heavy atom. The summed E-state index contributed by atoms with van der Waals surface area (Å²) < 4.78 is 1.95. The molecule has 1 fully saturated rings. The number of nitrogens with zero attached hydrogens (tertiary/aromatic N) is 1. The molecule has 4 rings (SSSR count). The molecular weight excluding hydrogens is 362 g/mol. The molecule has 1 saturated heterocycles. The van der Waals surface area contributed by atoms with Gasteiger partial charge in [-0.2, -0.15) is 0 Å². The van der Waals surface area contributed by atoms with Gasteiger partial charge in [0.15, 0.2) is 5.43 Å². The van der Waals surface area contributed by atoms with Gasteiger partial charge in [-0.05, 0) is 43.1 Å². The molecule has 1 amide bonds. The summed E-state index contributed by atoms with van der Waals surface area (Å²) in [5.74, 6) is 0.437. The summed E-state index contributed by atoms with van der Waals surface area (Å²) in [6.45, 7) is 4.18. The van der Waals surface area contributed by atoms with Crippen molar-refractivity contribution in [1.82, 2.24) is 15.2 Å². The van der Waals surface area contributed by atoms with E-state index in [4.69, 9.17) is 0 Å². The number of amides is 1. The molecule has 1 aromatic heterocycles. The summed E-state index contributed by atoms with van der Waals surface area (Å²) in [5.41, 5.74) is 1.60. The van der Waals surface area contributed by atoms with Gasteiger partial charge in [0.1, 0.15) is 6.54 Å². The topological polar surface area (TPSA) is 63.1 Å². The molecule has 142 valence electrons. The first kappa shape index (κ1) is 19.4. The zero-order valence-electron chi connectivity index (χ0n) is 15.3. The minimum absolute atomic E-state index is 0. The molecule has 2 N–H and O–H groups in total. The van der Waals surface area contributed by atoms with Crippen molar-refractivity contribution >= 4 is 40.1 Å². The number of carbonyl (C=O) groups is 1. The molecule has 1 aliphatic rings. The van der Waals surface area contributed by atoms with Crippen LogP contribution in [0.5, 0.6) is 0 Å². The van der Waals surface area contributed by atoms with E-state index in [0.717, 1.165) is 30.5 Å². The minimum Gasteiger partial charge on any atom is -0.350 e. The summed E-state index contributed by atoms with van der Waals surface area (Å²) in [4.78, 5) is 25.5. The Morgan fingerprint density at radius 1 is 1.11 bits per heavy atom. The standard InChI is InChI=1S/C21H23N3O2.ClH/c1-14-10-11-22-12-17(14)23-20(25)13-24-18-8-4-2-6-15(18)21(26)16-7-3-5-9-19(16)24;/h2-9,14,17,22H,10-13H2,1H3,(H,23,25);1H. The molecule has 5 nitrogen and oxygen atoms in total. The number of halogens is 1. The normalized spacial score (nSPS) is 19.6. The second kappa shape index (κ2) is 8.11. The molecular formula is C21H24ClN3O2. The van der Waals surface area contributed by atoms with E-state index < -0.39 is 0 Å². The molecule has 0 saturated carbocycles. The first-order valence-corrected chi connectivity index (χ1v) is 9.15. The lowest BCUT2D eigenvalue weighted by atomic mass is 9.95. The fraction of sp³-hybridized carbons (Fsp3) is 0.333. The zero-order chi connectivity index (χ0) is 18.1. The third kappa shape index (κ3) is 3.70. The van der Waals surface area contributed by atoms with E-state index in [1.807, 2.05) is 53.1 Å². The van der Waals surface area contributed by atoms with E-state index in [9.17, 15) is 9.59 Å². The Bertz CT molecular complexity index is 971. The van der Waals surface area contributed by atoms with Crippen LogP contribution in [0, 0.1) is 5.92 Å². The third-order valence-corrected chi connectivity index (χ3v) is 5.35. The molecule has 1 aliphatic heterocycles. The maximum Gasteiger partial charge on any atom is 0.240 e. The molecule has 2 aromatic carbocycles. The third-order valence-electron chi connectivity index (χ3n) is 5.35. The van der Waals surface area contributed by atoms with Crippen LogP contribution in [0.1, 0.15) is 13.3 Å². The second-order valence-electron chi connectivity index (χ2n) is 7.09. The van der Waals surface area contributed by atoms with E-state index in [1.54, 1.807) is 0 Å². The second-order valence-corrected chi connectivity index (χ2v) is 7.09. The first-order valence-electron chi connectivity index (χ1n) is 9.15. The Morgan fingerprint density at radius 3 is 2.30 bits per heavy atom. The van der Waals surface area contributed by atoms with E-state index >= 15 is 0 Å². The van der Waals surface area contributed by atoms with Crippen molar-refractivity contribution in [3.05, 3.63) is 58.8 Å². The zero-order valence-corrected chi connectivity index (χ0v) is 16.1. The van der Waals surface area contributed by atoms with Crippen molar-refractivity contribution in [2.45, 2.75) is 25.9 Å². The van der Waals surface area contributed by atoms with E-state index in [1.165, 1.54) is 0 Å². The summed E-state index contributed by atoms with van der Waals surface area (Å²) in [6.07, 6.45) is 1.06. The number of nitrogens with one attached hydrogen (secondary N) is 2. The highest BCUT2D eigenvalue weighted by Gasteiger charge is 2.23. The average Bonchev–Trinajstić information content (AvgIpc) is 2.67. The summed E-state index contributed by atoms with van der Waals surface area (Å²) in [5, 5.41) is 7.79. The quantitative estimate of drug-likeness (QED) is 0.681. The van der Waals surface area contributed by atoms with Crippen LogP contribution in [0.25, 0.3) is 21.8 Å². The van der Waals surface area contributed by atoms with Crippen molar-refractivity contribution in [2.75, 3.05) is 13.1 Å². The Kier molecular flexibility index (Phi) is 5.82. The molecule has 0 radical (unpaired) electrons. The number of hydrogen-bond donors (Lipinski definition) is 2. The van der Waals surface area contributed by atoms with Gasteiger partial charge in [0, 0.05) is 23.4 Å². The van der Waals surface area contributed by atoms with Gasteiger partial charge >= 0.3 is 0 Å². The van der Waals surface area contributed by atoms with Crippen molar-refractivity contribution < 1.29 is 4.79 Å². The summed E-state index contributed by atoms with van der Waals surface area (Å²) >= 11 is 0. The predicted molar refractivity (Wildman–Crippen MR) is 112 cm³/mol. The fourth-order valence-corrected chi connectivity index (χ4v) is 3.83. The molecule has 0 bridgehead atoms. The summed E-state index contributed by atoms with van der Waals surface area (Å²) in [7, 11) is 0. The number of carbonyl (C=O) groups excluding carboxylic acids is 1.